The van der Waals surface area contributed by atoms with Crippen molar-refractivity contribution in [3.8, 4) is 0 Å². The van der Waals surface area contributed by atoms with E-state index < -0.39 is 0 Å². The second-order valence-corrected chi connectivity index (χ2v) is 3.43. The Hall–Kier alpha value is -2.10. The second-order valence-electron chi connectivity index (χ2n) is 3.43. The van der Waals surface area contributed by atoms with Gasteiger partial charge in [-0.2, -0.15) is 4.74 Å². The van der Waals surface area contributed by atoms with Crippen molar-refractivity contribution < 1.29 is 4.74 Å². The predicted octanol–water partition coefficient (Wildman–Crippen LogP) is 1.64. The molecule has 0 N–H and O–H groups in total. The Bertz CT molecular complexity index is 502. The van der Waals surface area contributed by atoms with E-state index in [2.05, 4.69) is 4.99 Å². The van der Waals surface area contributed by atoms with Gasteiger partial charge in [0.2, 0.25) is 11.9 Å². The molecule has 3 rings (SSSR count). The minimum atomic E-state index is 0.673. The molecule has 1 aromatic rings. The normalized spacial score (nSPS) is 17.7. The summed E-state index contributed by atoms with van der Waals surface area (Å²) in [6, 6.07) is 7.53. The molecule has 0 bridgehead atoms. The van der Waals surface area contributed by atoms with E-state index in [0.717, 1.165) is 17.0 Å². The zero-order chi connectivity index (χ0) is 10.3. The molecule has 0 unspecified atom stereocenters. The molecule has 0 radical (unpaired) electrons. The largest absolute Gasteiger partial charge is 0.618 e. The van der Waals surface area contributed by atoms with Gasteiger partial charge in [-0.05, 0) is 12.1 Å². The molecule has 0 amide bonds. The maximum Gasteiger partial charge on any atom is 0.240 e. The standard InChI is InChI=1S/C11H9N3O/c15-14-8-11-12-6-3-7-13(11)9-4-1-2-5-10(9)14/h1-6,8H,7H2. The Labute approximate surface area is 87.1 Å². The van der Waals surface area contributed by atoms with Gasteiger partial charge in [-0.1, -0.05) is 12.1 Å². The van der Waals surface area contributed by atoms with Crippen LogP contribution in [0.15, 0.2) is 41.5 Å². The predicted molar refractivity (Wildman–Crippen MR) is 59.7 cm³/mol. The Morgan fingerprint density at radius 2 is 2.20 bits per heavy atom. The second kappa shape index (κ2) is 2.95. The molecule has 4 heteroatoms. The Kier molecular flexibility index (Phi) is 1.62. The summed E-state index contributed by atoms with van der Waals surface area (Å²) in [6.07, 6.45) is 5.20. The van der Waals surface area contributed by atoms with Crippen LogP contribution in [0.3, 0.4) is 0 Å². The summed E-state index contributed by atoms with van der Waals surface area (Å²) in [6.45, 7) is 0.764. The zero-order valence-corrected chi connectivity index (χ0v) is 8.00. The highest BCUT2D eigenvalue weighted by Gasteiger charge is 2.26. The third kappa shape index (κ3) is 1.15. The van der Waals surface area contributed by atoms with Gasteiger partial charge >= 0.3 is 0 Å². The summed E-state index contributed by atoms with van der Waals surface area (Å²) in [5.74, 6) is 0.700. The molecule has 0 aliphatic carbocycles. The number of para-hydroxylation sites is 2. The fraction of sp³-hybridized carbons (Fsp3) is 0.0909. The summed E-state index contributed by atoms with van der Waals surface area (Å²) >= 11 is 0. The number of rotatable bonds is 0. The van der Waals surface area contributed by atoms with Crippen molar-refractivity contribution in [1.29, 1.82) is 0 Å². The van der Waals surface area contributed by atoms with Crippen LogP contribution in [0.25, 0.3) is 0 Å². The van der Waals surface area contributed by atoms with Gasteiger partial charge in [0.15, 0.2) is 5.84 Å². The third-order valence-corrected chi connectivity index (χ3v) is 2.52. The maximum absolute atomic E-state index is 11.7. The average Bonchev–Trinajstić information content (AvgIpc) is 2.30. The van der Waals surface area contributed by atoms with E-state index in [-0.39, 0.29) is 0 Å². The third-order valence-electron chi connectivity index (χ3n) is 2.52. The van der Waals surface area contributed by atoms with Crippen LogP contribution in [-0.4, -0.2) is 23.3 Å². The smallest absolute Gasteiger partial charge is 0.240 e. The average molecular weight is 199 g/mol. The molecule has 2 heterocycles. The molecule has 0 aromatic heterocycles. The van der Waals surface area contributed by atoms with E-state index in [1.807, 2.05) is 35.2 Å². The Morgan fingerprint density at radius 3 is 3.13 bits per heavy atom. The van der Waals surface area contributed by atoms with Crippen molar-refractivity contribution in [2.75, 3.05) is 11.4 Å². The summed E-state index contributed by atoms with van der Waals surface area (Å²) in [5.41, 5.74) is 1.59. The highest BCUT2D eigenvalue weighted by molar-refractivity contribution is 6.36. The number of hydrogen-bond donors (Lipinski definition) is 0. The van der Waals surface area contributed by atoms with Crippen molar-refractivity contribution >= 4 is 23.4 Å². The van der Waals surface area contributed by atoms with Crippen molar-refractivity contribution in [3.05, 3.63) is 41.7 Å². The van der Waals surface area contributed by atoms with Crippen molar-refractivity contribution in [3.63, 3.8) is 0 Å². The fourth-order valence-corrected chi connectivity index (χ4v) is 1.82. The van der Waals surface area contributed by atoms with Gasteiger partial charge in [0.05, 0.1) is 0 Å². The summed E-state index contributed by atoms with van der Waals surface area (Å²) in [5, 5.41) is 11.7. The van der Waals surface area contributed by atoms with Crippen LogP contribution in [0.5, 0.6) is 0 Å². The molecule has 15 heavy (non-hydrogen) atoms. The lowest BCUT2D eigenvalue weighted by Gasteiger charge is -2.28. The molecule has 0 spiro atoms. The lowest BCUT2D eigenvalue weighted by Crippen LogP contribution is -2.38. The Morgan fingerprint density at radius 1 is 1.33 bits per heavy atom. The van der Waals surface area contributed by atoms with Gasteiger partial charge in [-0.3, -0.25) is 0 Å². The van der Waals surface area contributed by atoms with E-state index in [1.165, 1.54) is 6.21 Å². The molecular formula is C11H9N3O. The first kappa shape index (κ1) is 8.23. The highest BCUT2D eigenvalue weighted by Crippen LogP contribution is 2.30. The SMILES string of the molecule is [O-][N+]1=CC2=NC=CCN2c2ccccc21. The Balaban J connectivity index is 2.23. The van der Waals surface area contributed by atoms with Gasteiger partial charge in [0, 0.05) is 18.8 Å². The number of fused-ring (bicyclic) bond motifs is 3. The van der Waals surface area contributed by atoms with Gasteiger partial charge in [-0.15, -0.1) is 0 Å². The lowest BCUT2D eigenvalue weighted by atomic mass is 10.2. The molecule has 0 fully saturated rings. The molecule has 74 valence electrons. The van der Waals surface area contributed by atoms with Crippen LogP contribution in [0, 0.1) is 5.21 Å². The molecule has 0 atom stereocenters. The summed E-state index contributed by atoms with van der Waals surface area (Å²) < 4.78 is 0.865. The lowest BCUT2D eigenvalue weighted by molar-refractivity contribution is -0.353. The van der Waals surface area contributed by atoms with Crippen molar-refractivity contribution in [2.24, 2.45) is 4.99 Å². The van der Waals surface area contributed by atoms with Gasteiger partial charge < -0.3 is 10.1 Å². The van der Waals surface area contributed by atoms with Crippen molar-refractivity contribution in [1.82, 2.24) is 0 Å². The number of hydrogen-bond acceptors (Lipinski definition) is 3. The molecular weight excluding hydrogens is 190 g/mol. The fourth-order valence-electron chi connectivity index (χ4n) is 1.82. The van der Waals surface area contributed by atoms with E-state index in [9.17, 15) is 5.21 Å². The molecule has 0 saturated heterocycles. The van der Waals surface area contributed by atoms with Crippen LogP contribution in [-0.2, 0) is 0 Å². The molecule has 2 aliphatic rings. The molecule has 2 aliphatic heterocycles. The van der Waals surface area contributed by atoms with Crippen molar-refractivity contribution in [2.45, 2.75) is 0 Å². The first-order chi connectivity index (χ1) is 7.36. The number of aliphatic imine (C=N–C) groups is 1. The van der Waals surface area contributed by atoms with Gasteiger partial charge in [0.1, 0.15) is 5.69 Å². The van der Waals surface area contributed by atoms with Gasteiger partial charge in [-0.25, -0.2) is 4.99 Å². The zero-order valence-electron chi connectivity index (χ0n) is 8.00. The summed E-state index contributed by atoms with van der Waals surface area (Å²) in [7, 11) is 0. The first-order valence-electron chi connectivity index (χ1n) is 4.77. The van der Waals surface area contributed by atoms with Crippen LogP contribution < -0.4 is 4.90 Å². The van der Waals surface area contributed by atoms with Crippen LogP contribution in [0.4, 0.5) is 11.4 Å². The topological polar surface area (TPSA) is 41.7 Å². The number of nitrogens with zero attached hydrogens (tertiary/aromatic N) is 3. The van der Waals surface area contributed by atoms with Crippen LogP contribution >= 0.6 is 0 Å². The number of benzene rings is 1. The maximum atomic E-state index is 11.7. The molecule has 0 saturated carbocycles. The first-order valence-corrected chi connectivity index (χ1v) is 4.77. The van der Waals surface area contributed by atoms with Crippen LogP contribution in [0.1, 0.15) is 0 Å². The quantitative estimate of drug-likeness (QED) is 0.471. The van der Waals surface area contributed by atoms with E-state index in [0.29, 0.717) is 11.5 Å². The van der Waals surface area contributed by atoms with E-state index >= 15 is 0 Å². The van der Waals surface area contributed by atoms with E-state index in [1.54, 1.807) is 6.20 Å². The van der Waals surface area contributed by atoms with E-state index in [4.69, 9.17) is 0 Å². The minimum Gasteiger partial charge on any atom is -0.618 e. The highest BCUT2D eigenvalue weighted by atomic mass is 16.5. The number of amidine groups is 1. The van der Waals surface area contributed by atoms with Gasteiger partial charge in [0.25, 0.3) is 0 Å². The van der Waals surface area contributed by atoms with Crippen LogP contribution in [0.2, 0.25) is 0 Å². The monoisotopic (exact) mass is 199 g/mol. The minimum absolute atomic E-state index is 0.673. The molecule has 1 aromatic carbocycles. The summed E-state index contributed by atoms with van der Waals surface area (Å²) in [4.78, 5) is 6.18. The molecule has 4 nitrogen and oxygen atoms in total. The number of anilines is 1.